The van der Waals surface area contributed by atoms with E-state index in [4.69, 9.17) is 37.4 Å². The maximum Gasteiger partial charge on any atom is 0.325 e. The predicted molar refractivity (Wildman–Crippen MR) is 94.9 cm³/mol. The Morgan fingerprint density at radius 3 is 2.44 bits per heavy atom. The van der Waals surface area contributed by atoms with Gasteiger partial charge in [0.2, 0.25) is 0 Å². The first kappa shape index (κ1) is 21.5. The van der Waals surface area contributed by atoms with Gasteiger partial charge < -0.3 is 24.8 Å². The van der Waals surface area contributed by atoms with Gasteiger partial charge >= 0.3 is 12.0 Å². The van der Waals surface area contributed by atoms with Crippen molar-refractivity contribution in [2.24, 2.45) is 0 Å². The number of hydrogen-bond donors (Lipinski definition) is 2. The van der Waals surface area contributed by atoms with E-state index in [1.54, 1.807) is 25.1 Å². The summed E-state index contributed by atoms with van der Waals surface area (Å²) in [5, 5.41) is 6.11. The number of hydrogen-bond acceptors (Lipinski definition) is 5. The number of esters is 1. The molecule has 140 valence electrons. The van der Waals surface area contributed by atoms with Crippen LogP contribution >= 0.6 is 23.2 Å². The average Bonchev–Trinajstić information content (AvgIpc) is 2.56. The molecule has 1 rings (SSSR count). The Morgan fingerprint density at radius 2 is 1.88 bits per heavy atom. The Labute approximate surface area is 156 Å². The van der Waals surface area contributed by atoms with Crippen LogP contribution < -0.4 is 10.6 Å². The third kappa shape index (κ3) is 7.48. The summed E-state index contributed by atoms with van der Waals surface area (Å²) in [5.74, 6) is -0.523. The lowest BCUT2D eigenvalue weighted by molar-refractivity contribution is -0.141. The van der Waals surface area contributed by atoms with Crippen LogP contribution in [-0.4, -0.2) is 51.7 Å². The number of urea groups is 1. The monoisotopic (exact) mass is 392 g/mol. The highest BCUT2D eigenvalue weighted by Crippen LogP contribution is 2.23. The number of nitrogens with one attached hydrogen (secondary N) is 2. The fourth-order valence-electron chi connectivity index (χ4n) is 2.15. The van der Waals surface area contributed by atoms with Crippen molar-refractivity contribution in [3.8, 4) is 0 Å². The molecule has 0 aliphatic rings. The smallest absolute Gasteiger partial charge is 0.325 e. The van der Waals surface area contributed by atoms with Gasteiger partial charge in [0.15, 0.2) is 6.29 Å². The maximum absolute atomic E-state index is 12.0. The van der Waals surface area contributed by atoms with Crippen LogP contribution in [-0.2, 0) is 25.4 Å². The molecule has 25 heavy (non-hydrogen) atoms. The van der Waals surface area contributed by atoms with Crippen LogP contribution in [0.15, 0.2) is 18.2 Å². The summed E-state index contributed by atoms with van der Waals surface area (Å²) in [6.45, 7) is 1.69. The summed E-state index contributed by atoms with van der Waals surface area (Å²) >= 11 is 12.1. The zero-order chi connectivity index (χ0) is 18.8. The van der Waals surface area contributed by atoms with Gasteiger partial charge in [-0.05, 0) is 31.0 Å². The molecule has 7 nitrogen and oxygen atoms in total. The van der Waals surface area contributed by atoms with Crippen molar-refractivity contribution >= 4 is 35.2 Å². The highest BCUT2D eigenvalue weighted by molar-refractivity contribution is 6.35. The van der Waals surface area contributed by atoms with Crippen LogP contribution in [0.3, 0.4) is 0 Å². The molecule has 0 aromatic heterocycles. The second-order valence-electron chi connectivity index (χ2n) is 5.02. The highest BCUT2D eigenvalue weighted by Gasteiger charge is 2.24. The van der Waals surface area contributed by atoms with Crippen LogP contribution in [0.1, 0.15) is 12.5 Å². The molecule has 0 aliphatic heterocycles. The molecule has 1 aromatic carbocycles. The van der Waals surface area contributed by atoms with Crippen molar-refractivity contribution in [2.45, 2.75) is 25.7 Å². The number of carbonyl (C=O) groups excluding carboxylic acids is 2. The molecule has 1 atom stereocenters. The summed E-state index contributed by atoms with van der Waals surface area (Å²) < 4.78 is 15.2. The van der Waals surface area contributed by atoms with E-state index in [1.807, 2.05) is 0 Å². The number of rotatable bonds is 9. The first-order valence-electron chi connectivity index (χ1n) is 7.60. The molecule has 9 heteroatoms. The minimum atomic E-state index is -0.708. The van der Waals surface area contributed by atoms with E-state index in [1.165, 1.54) is 14.2 Å². The summed E-state index contributed by atoms with van der Waals surface area (Å²) in [7, 11) is 2.92. The molecule has 1 unspecified atom stereocenters. The first-order valence-corrected chi connectivity index (χ1v) is 8.36. The Kier molecular flexibility index (Phi) is 9.59. The molecule has 0 fully saturated rings. The number of carbonyl (C=O) groups is 2. The number of benzene rings is 1. The van der Waals surface area contributed by atoms with Crippen molar-refractivity contribution in [1.29, 1.82) is 0 Å². The summed E-state index contributed by atoms with van der Waals surface area (Å²) in [4.78, 5) is 23.3. The number of halogens is 2. The predicted octanol–water partition coefficient (Wildman–Crippen LogP) is 2.39. The van der Waals surface area contributed by atoms with Crippen LogP contribution in [0.4, 0.5) is 4.79 Å². The molecule has 2 amide bonds. The molecular weight excluding hydrogens is 371 g/mol. The molecule has 0 aliphatic carbocycles. The second kappa shape index (κ2) is 11.1. The van der Waals surface area contributed by atoms with Crippen molar-refractivity contribution in [3.63, 3.8) is 0 Å². The van der Waals surface area contributed by atoms with Gasteiger partial charge in [-0.2, -0.15) is 0 Å². The largest absolute Gasteiger partial charge is 0.465 e. The molecule has 0 radical (unpaired) electrons. The normalized spacial score (nSPS) is 11.9. The van der Waals surface area contributed by atoms with Gasteiger partial charge in [0.25, 0.3) is 0 Å². The average molecular weight is 393 g/mol. The molecule has 1 aromatic rings. The summed E-state index contributed by atoms with van der Waals surface area (Å²) in [6.07, 6.45) is -0.366. The first-order chi connectivity index (χ1) is 11.9. The number of ether oxygens (including phenoxy) is 3. The van der Waals surface area contributed by atoms with Crippen molar-refractivity contribution in [1.82, 2.24) is 10.6 Å². The number of amides is 2. The second-order valence-corrected chi connectivity index (χ2v) is 5.86. The van der Waals surface area contributed by atoms with Gasteiger partial charge in [0.05, 0.1) is 12.6 Å². The van der Waals surface area contributed by atoms with E-state index in [0.717, 1.165) is 5.56 Å². The minimum absolute atomic E-state index is 0.237. The third-order valence-corrected chi connectivity index (χ3v) is 3.85. The van der Waals surface area contributed by atoms with Crippen LogP contribution in [0.5, 0.6) is 0 Å². The zero-order valence-electron chi connectivity index (χ0n) is 14.3. The van der Waals surface area contributed by atoms with Gasteiger partial charge in [-0.15, -0.1) is 0 Å². The fraction of sp³-hybridized carbons (Fsp3) is 0.500. The lowest BCUT2D eigenvalue weighted by atomic mass is 10.1. The van der Waals surface area contributed by atoms with Gasteiger partial charge in [-0.25, -0.2) is 4.79 Å². The SMILES string of the molecule is CCOC(=O)CNC(=O)NC(Cc1ccc(Cl)cc1Cl)C(OC)OC. The quantitative estimate of drug-likeness (QED) is 0.497. The van der Waals surface area contributed by atoms with Crippen LogP contribution in [0, 0.1) is 0 Å². The number of methoxy groups -OCH3 is 2. The molecule has 0 bridgehead atoms. The topological polar surface area (TPSA) is 85.9 Å². The Hall–Kier alpha value is -1.54. The van der Waals surface area contributed by atoms with E-state index < -0.39 is 24.3 Å². The van der Waals surface area contributed by atoms with E-state index in [-0.39, 0.29) is 13.2 Å². The van der Waals surface area contributed by atoms with Crippen LogP contribution in [0.25, 0.3) is 0 Å². The van der Waals surface area contributed by atoms with E-state index in [0.29, 0.717) is 16.5 Å². The Morgan fingerprint density at radius 1 is 1.20 bits per heavy atom. The van der Waals surface area contributed by atoms with Crippen molar-refractivity contribution < 1.29 is 23.8 Å². The van der Waals surface area contributed by atoms with Crippen LogP contribution in [0.2, 0.25) is 10.0 Å². The maximum atomic E-state index is 12.0. The van der Waals surface area contributed by atoms with Gasteiger partial charge in [0.1, 0.15) is 6.54 Å². The lowest BCUT2D eigenvalue weighted by Gasteiger charge is -2.26. The molecule has 0 saturated heterocycles. The van der Waals surface area contributed by atoms with E-state index in [2.05, 4.69) is 10.6 Å². The van der Waals surface area contributed by atoms with Gasteiger partial charge in [0, 0.05) is 24.3 Å². The Balaban J connectivity index is 2.76. The minimum Gasteiger partial charge on any atom is -0.465 e. The Bertz CT molecular complexity index is 582. The molecular formula is C16H22Cl2N2O5. The molecule has 2 N–H and O–H groups in total. The zero-order valence-corrected chi connectivity index (χ0v) is 15.8. The summed E-state index contributed by atoms with van der Waals surface area (Å²) in [5.41, 5.74) is 0.765. The highest BCUT2D eigenvalue weighted by atomic mass is 35.5. The summed E-state index contributed by atoms with van der Waals surface area (Å²) in [6, 6.07) is 3.98. The van der Waals surface area contributed by atoms with E-state index in [9.17, 15) is 9.59 Å². The third-order valence-electron chi connectivity index (χ3n) is 3.26. The van der Waals surface area contributed by atoms with Crippen molar-refractivity contribution in [3.05, 3.63) is 33.8 Å². The molecule has 0 heterocycles. The molecule has 0 saturated carbocycles. The molecule has 0 spiro atoms. The van der Waals surface area contributed by atoms with Crippen molar-refractivity contribution in [2.75, 3.05) is 27.4 Å². The van der Waals surface area contributed by atoms with E-state index >= 15 is 0 Å². The lowest BCUT2D eigenvalue weighted by Crippen LogP contribution is -2.51. The van der Waals surface area contributed by atoms with Gasteiger partial charge in [-0.3, -0.25) is 4.79 Å². The fourth-order valence-corrected chi connectivity index (χ4v) is 2.63. The van der Waals surface area contributed by atoms with Gasteiger partial charge in [-0.1, -0.05) is 29.3 Å². The standard InChI is InChI=1S/C16H22Cl2N2O5/c1-4-25-14(21)9-19-16(22)20-13(15(23-2)24-3)7-10-5-6-11(17)8-12(10)18/h5-6,8,13,15H,4,7,9H2,1-3H3,(H2,19,20,22).